The number of amides is 2. The van der Waals surface area contributed by atoms with E-state index in [9.17, 15) is 23.2 Å². The summed E-state index contributed by atoms with van der Waals surface area (Å²) in [4.78, 5) is 40.4. The standard InChI is InChI=1S/C24H21ClF2N4O4/c1-35-17-8-4-14(5-9-17)18-12-30(19-10-11-28-31(23(19)33)13-20(26)27)24(34)21(18)29-22(32)15-2-6-16(25)7-3-15/h2-11,18,20-21H,12-13H2,1H3,(H,29,32)/t18-,21?/m0/s1. The van der Waals surface area contributed by atoms with E-state index in [-0.39, 0.29) is 12.2 Å². The molecule has 4 rings (SSSR count). The molecule has 1 aliphatic rings. The lowest BCUT2D eigenvalue weighted by Gasteiger charge is -2.19. The number of ether oxygens (including phenoxy) is 1. The van der Waals surface area contributed by atoms with Crippen molar-refractivity contribution in [2.45, 2.75) is 24.9 Å². The van der Waals surface area contributed by atoms with Gasteiger partial charge in [0.2, 0.25) is 5.91 Å². The van der Waals surface area contributed by atoms with Crippen LogP contribution in [-0.2, 0) is 11.3 Å². The molecule has 0 spiro atoms. The Morgan fingerprint density at radius 3 is 2.46 bits per heavy atom. The Bertz CT molecular complexity index is 1280. The highest BCUT2D eigenvalue weighted by molar-refractivity contribution is 6.30. The predicted molar refractivity (Wildman–Crippen MR) is 125 cm³/mol. The summed E-state index contributed by atoms with van der Waals surface area (Å²) in [6.07, 6.45) is -1.60. The van der Waals surface area contributed by atoms with Gasteiger partial charge in [-0.3, -0.25) is 14.4 Å². The SMILES string of the molecule is COc1ccc([C@@H]2CN(c3ccnn(CC(F)F)c3=O)C(=O)C2NC(=O)c2ccc(Cl)cc2)cc1. The highest BCUT2D eigenvalue weighted by atomic mass is 35.5. The van der Waals surface area contributed by atoms with E-state index in [4.69, 9.17) is 16.3 Å². The van der Waals surface area contributed by atoms with Gasteiger partial charge in [0.1, 0.15) is 24.0 Å². The molecule has 2 atom stereocenters. The van der Waals surface area contributed by atoms with Gasteiger partial charge in [-0.25, -0.2) is 13.5 Å². The Balaban J connectivity index is 1.69. The van der Waals surface area contributed by atoms with Gasteiger partial charge in [0.15, 0.2) is 0 Å². The van der Waals surface area contributed by atoms with Crippen LogP contribution in [0, 0.1) is 0 Å². The average Bonchev–Trinajstić information content (AvgIpc) is 3.16. The topological polar surface area (TPSA) is 93.5 Å². The van der Waals surface area contributed by atoms with Crippen molar-refractivity contribution in [3.8, 4) is 5.75 Å². The summed E-state index contributed by atoms with van der Waals surface area (Å²) >= 11 is 5.90. The third kappa shape index (κ3) is 5.17. The molecule has 1 aliphatic heterocycles. The van der Waals surface area contributed by atoms with Crippen molar-refractivity contribution < 1.29 is 23.1 Å². The zero-order valence-electron chi connectivity index (χ0n) is 18.5. The third-order valence-corrected chi connectivity index (χ3v) is 6.00. The van der Waals surface area contributed by atoms with Gasteiger partial charge in [0.25, 0.3) is 17.9 Å². The summed E-state index contributed by atoms with van der Waals surface area (Å²) in [5.41, 5.74) is 0.120. The van der Waals surface area contributed by atoms with Crippen LogP contribution in [0.15, 0.2) is 65.6 Å². The van der Waals surface area contributed by atoms with E-state index in [1.807, 2.05) is 0 Å². The lowest BCUT2D eigenvalue weighted by atomic mass is 9.93. The summed E-state index contributed by atoms with van der Waals surface area (Å²) in [7, 11) is 1.53. The molecule has 8 nitrogen and oxygen atoms in total. The summed E-state index contributed by atoms with van der Waals surface area (Å²) in [5.74, 6) is -0.952. The van der Waals surface area contributed by atoms with E-state index >= 15 is 0 Å². The molecule has 2 amide bonds. The number of nitrogens with one attached hydrogen (secondary N) is 1. The Kier molecular flexibility index (Phi) is 7.11. The van der Waals surface area contributed by atoms with E-state index < -0.39 is 42.3 Å². The number of aromatic nitrogens is 2. The Morgan fingerprint density at radius 2 is 1.83 bits per heavy atom. The molecule has 0 aliphatic carbocycles. The Morgan fingerprint density at radius 1 is 1.14 bits per heavy atom. The van der Waals surface area contributed by atoms with Crippen LogP contribution in [0.25, 0.3) is 0 Å². The molecule has 3 aromatic rings. The molecule has 0 radical (unpaired) electrons. The van der Waals surface area contributed by atoms with Gasteiger partial charge in [-0.15, -0.1) is 0 Å². The predicted octanol–water partition coefficient (Wildman–Crippen LogP) is 3.10. The van der Waals surface area contributed by atoms with Crippen molar-refractivity contribution in [2.24, 2.45) is 0 Å². The van der Waals surface area contributed by atoms with E-state index in [1.54, 1.807) is 36.4 Å². The maximum absolute atomic E-state index is 13.5. The minimum atomic E-state index is -2.79. The van der Waals surface area contributed by atoms with E-state index in [2.05, 4.69) is 10.4 Å². The monoisotopic (exact) mass is 502 g/mol. The molecular formula is C24H21ClF2N4O4. The molecule has 11 heteroatoms. The fourth-order valence-electron chi connectivity index (χ4n) is 3.99. The van der Waals surface area contributed by atoms with E-state index in [1.165, 1.54) is 36.4 Å². The molecular weight excluding hydrogens is 482 g/mol. The van der Waals surface area contributed by atoms with Crippen molar-refractivity contribution >= 4 is 29.1 Å². The number of carbonyl (C=O) groups is 2. The van der Waals surface area contributed by atoms with Gasteiger partial charge < -0.3 is 15.0 Å². The second-order valence-electron chi connectivity index (χ2n) is 7.88. The average molecular weight is 503 g/mol. The van der Waals surface area contributed by atoms with Gasteiger partial charge in [0, 0.05) is 29.2 Å². The molecule has 1 saturated heterocycles. The molecule has 182 valence electrons. The fourth-order valence-corrected chi connectivity index (χ4v) is 4.12. The smallest absolute Gasteiger partial charge is 0.290 e. The van der Waals surface area contributed by atoms with Crippen molar-refractivity contribution in [1.82, 2.24) is 15.1 Å². The Labute approximate surface area is 204 Å². The first kappa shape index (κ1) is 24.3. The largest absolute Gasteiger partial charge is 0.497 e. The summed E-state index contributed by atoms with van der Waals surface area (Å²) in [6.45, 7) is -0.849. The van der Waals surface area contributed by atoms with Gasteiger partial charge in [-0.05, 0) is 48.0 Å². The highest BCUT2D eigenvalue weighted by Gasteiger charge is 2.43. The number of anilines is 1. The molecule has 0 bridgehead atoms. The first-order valence-corrected chi connectivity index (χ1v) is 11.0. The lowest BCUT2D eigenvalue weighted by Crippen LogP contribution is -2.44. The highest BCUT2D eigenvalue weighted by Crippen LogP contribution is 2.32. The number of hydrogen-bond donors (Lipinski definition) is 1. The molecule has 1 fully saturated rings. The van der Waals surface area contributed by atoms with Crippen molar-refractivity contribution in [3.05, 3.63) is 87.3 Å². The molecule has 1 unspecified atom stereocenters. The van der Waals surface area contributed by atoms with E-state index in [0.717, 1.165) is 5.56 Å². The number of hydrogen-bond acceptors (Lipinski definition) is 5. The van der Waals surface area contributed by atoms with Crippen LogP contribution in [0.2, 0.25) is 5.02 Å². The minimum Gasteiger partial charge on any atom is -0.497 e. The maximum atomic E-state index is 13.5. The second kappa shape index (κ2) is 10.2. The number of halogens is 3. The van der Waals surface area contributed by atoms with Gasteiger partial charge in [-0.2, -0.15) is 5.10 Å². The van der Waals surface area contributed by atoms with Crippen LogP contribution < -0.4 is 20.5 Å². The van der Waals surface area contributed by atoms with Gasteiger partial charge >= 0.3 is 0 Å². The first-order chi connectivity index (χ1) is 16.8. The minimum absolute atomic E-state index is 0.0463. The number of carbonyl (C=O) groups excluding carboxylic acids is 2. The van der Waals surface area contributed by atoms with Crippen molar-refractivity contribution in [2.75, 3.05) is 18.6 Å². The second-order valence-corrected chi connectivity index (χ2v) is 8.32. The fraction of sp³-hybridized carbons (Fsp3) is 0.250. The molecule has 2 heterocycles. The van der Waals surface area contributed by atoms with Crippen LogP contribution in [0.5, 0.6) is 5.75 Å². The maximum Gasteiger partial charge on any atom is 0.290 e. The molecule has 1 aromatic heterocycles. The number of benzene rings is 2. The number of nitrogens with zero attached hydrogens (tertiary/aromatic N) is 3. The zero-order valence-corrected chi connectivity index (χ0v) is 19.3. The van der Waals surface area contributed by atoms with Gasteiger partial charge in [-0.1, -0.05) is 23.7 Å². The normalized spacial score (nSPS) is 17.6. The number of methoxy groups -OCH3 is 1. The van der Waals surface area contributed by atoms with Crippen molar-refractivity contribution in [1.29, 1.82) is 0 Å². The molecule has 0 saturated carbocycles. The van der Waals surface area contributed by atoms with Crippen molar-refractivity contribution in [3.63, 3.8) is 0 Å². The van der Waals surface area contributed by atoms with E-state index in [0.29, 0.717) is 21.0 Å². The Hall–Kier alpha value is -3.79. The quantitative estimate of drug-likeness (QED) is 0.536. The first-order valence-electron chi connectivity index (χ1n) is 10.6. The van der Waals surface area contributed by atoms with Crippen LogP contribution in [0.4, 0.5) is 14.5 Å². The summed E-state index contributed by atoms with van der Waals surface area (Å²) in [6, 6.07) is 13.5. The molecule has 2 aromatic carbocycles. The number of rotatable bonds is 7. The lowest BCUT2D eigenvalue weighted by molar-refractivity contribution is -0.118. The van der Waals surface area contributed by atoms with Crippen LogP contribution in [0.1, 0.15) is 21.8 Å². The van der Waals surface area contributed by atoms with Crippen LogP contribution in [0.3, 0.4) is 0 Å². The molecule has 35 heavy (non-hydrogen) atoms. The summed E-state index contributed by atoms with van der Waals surface area (Å²) < 4.78 is 31.6. The zero-order chi connectivity index (χ0) is 25.1. The summed E-state index contributed by atoms with van der Waals surface area (Å²) in [5, 5.41) is 6.89. The van der Waals surface area contributed by atoms with Crippen LogP contribution in [-0.4, -0.2) is 47.7 Å². The van der Waals surface area contributed by atoms with Crippen LogP contribution >= 0.6 is 11.6 Å². The third-order valence-electron chi connectivity index (χ3n) is 5.74. The number of alkyl halides is 2. The van der Waals surface area contributed by atoms with Gasteiger partial charge in [0.05, 0.1) is 7.11 Å². The molecule has 1 N–H and O–H groups in total.